The van der Waals surface area contributed by atoms with Crippen LogP contribution in [-0.4, -0.2) is 27.7 Å². The monoisotopic (exact) mass is 350 g/mol. The van der Waals surface area contributed by atoms with Gasteiger partial charge < -0.3 is 15.4 Å². The van der Waals surface area contributed by atoms with E-state index in [0.29, 0.717) is 18.2 Å². The van der Waals surface area contributed by atoms with Gasteiger partial charge in [-0.15, -0.1) is 0 Å². The van der Waals surface area contributed by atoms with Gasteiger partial charge in [0.25, 0.3) is 0 Å². The lowest BCUT2D eigenvalue weighted by atomic mass is 10.3. The molecule has 2 heterocycles. The summed E-state index contributed by atoms with van der Waals surface area (Å²) in [7, 11) is 0. The van der Waals surface area contributed by atoms with E-state index in [9.17, 15) is 4.79 Å². The summed E-state index contributed by atoms with van der Waals surface area (Å²) in [5.74, 6) is 1.13. The van der Waals surface area contributed by atoms with Gasteiger partial charge in [0, 0.05) is 5.69 Å². The zero-order chi connectivity index (χ0) is 18.2. The van der Waals surface area contributed by atoms with Gasteiger partial charge in [-0.3, -0.25) is 5.32 Å². The third-order valence-electron chi connectivity index (χ3n) is 3.24. The molecular formula is C18H18N6O2. The number of pyridine rings is 1. The Morgan fingerprint density at radius 2 is 1.62 bits per heavy atom. The largest absolute Gasteiger partial charge is 0.450 e. The van der Waals surface area contributed by atoms with E-state index in [1.165, 1.54) is 12.4 Å². The molecule has 8 heteroatoms. The highest BCUT2D eigenvalue weighted by Crippen LogP contribution is 2.17. The SMILES string of the molecule is CCOC(=O)Nc1cnc(Nc2ccc(Nc3ccccc3)nc2)nc1. The molecule has 0 aliphatic heterocycles. The minimum atomic E-state index is -0.539. The van der Waals surface area contributed by atoms with Crippen molar-refractivity contribution in [1.82, 2.24) is 15.0 Å². The average Bonchev–Trinajstić information content (AvgIpc) is 2.66. The second kappa shape index (κ2) is 8.43. The molecule has 3 N–H and O–H groups in total. The number of nitrogens with one attached hydrogen (secondary N) is 3. The Balaban J connectivity index is 1.58. The van der Waals surface area contributed by atoms with Gasteiger partial charge in [-0.2, -0.15) is 0 Å². The van der Waals surface area contributed by atoms with Crippen molar-refractivity contribution in [2.45, 2.75) is 6.92 Å². The number of benzene rings is 1. The molecule has 0 unspecified atom stereocenters. The van der Waals surface area contributed by atoms with Crippen LogP contribution in [-0.2, 0) is 4.74 Å². The number of amides is 1. The number of para-hydroxylation sites is 1. The molecule has 26 heavy (non-hydrogen) atoms. The van der Waals surface area contributed by atoms with Crippen LogP contribution in [0.1, 0.15) is 6.92 Å². The molecule has 0 fully saturated rings. The number of hydrogen-bond acceptors (Lipinski definition) is 7. The number of carbonyl (C=O) groups is 1. The first-order chi connectivity index (χ1) is 12.7. The van der Waals surface area contributed by atoms with Gasteiger partial charge >= 0.3 is 6.09 Å². The zero-order valence-corrected chi connectivity index (χ0v) is 14.1. The van der Waals surface area contributed by atoms with Crippen LogP contribution >= 0.6 is 0 Å². The third-order valence-corrected chi connectivity index (χ3v) is 3.24. The maximum Gasteiger partial charge on any atom is 0.411 e. The molecule has 0 saturated carbocycles. The molecule has 132 valence electrons. The molecule has 0 radical (unpaired) electrons. The van der Waals surface area contributed by atoms with Gasteiger partial charge in [0.1, 0.15) is 5.82 Å². The number of nitrogens with zero attached hydrogens (tertiary/aromatic N) is 3. The fraction of sp³-hybridized carbons (Fsp3) is 0.111. The quantitative estimate of drug-likeness (QED) is 0.619. The van der Waals surface area contributed by atoms with Gasteiger partial charge in [0.05, 0.1) is 36.6 Å². The summed E-state index contributed by atoms with van der Waals surface area (Å²) in [5.41, 5.74) is 2.16. The van der Waals surface area contributed by atoms with Gasteiger partial charge in [0.15, 0.2) is 0 Å². The highest BCUT2D eigenvalue weighted by molar-refractivity contribution is 5.84. The fourth-order valence-corrected chi connectivity index (χ4v) is 2.08. The third kappa shape index (κ3) is 4.91. The molecule has 0 spiro atoms. The Hall–Kier alpha value is -3.68. The zero-order valence-electron chi connectivity index (χ0n) is 14.1. The van der Waals surface area contributed by atoms with Crippen molar-refractivity contribution >= 4 is 34.9 Å². The van der Waals surface area contributed by atoms with Gasteiger partial charge in [-0.05, 0) is 31.2 Å². The lowest BCUT2D eigenvalue weighted by molar-refractivity contribution is 0.168. The van der Waals surface area contributed by atoms with Crippen LogP contribution in [0.25, 0.3) is 0 Å². The molecule has 0 aliphatic carbocycles. The maximum absolute atomic E-state index is 11.3. The Kier molecular flexibility index (Phi) is 5.56. The normalized spacial score (nSPS) is 10.0. The number of ether oxygens (including phenoxy) is 1. The molecule has 1 aromatic carbocycles. The standard InChI is InChI=1S/C18H18N6O2/c1-2-26-18(25)24-15-11-20-17(21-12-15)23-14-8-9-16(19-10-14)22-13-6-4-3-5-7-13/h3-12H,2H2,1H3,(H,19,22)(H,24,25)(H,20,21,23). The predicted molar refractivity (Wildman–Crippen MR) is 99.9 cm³/mol. The van der Waals surface area contributed by atoms with Crippen LogP contribution in [0.4, 0.5) is 33.6 Å². The Bertz CT molecular complexity index is 838. The van der Waals surface area contributed by atoms with Crippen LogP contribution in [0.5, 0.6) is 0 Å². The number of carbonyl (C=O) groups excluding carboxylic acids is 1. The summed E-state index contributed by atoms with van der Waals surface area (Å²) in [6.07, 6.45) is 4.12. The van der Waals surface area contributed by atoms with Gasteiger partial charge in [0.2, 0.25) is 5.95 Å². The molecule has 2 aromatic heterocycles. The lowest BCUT2D eigenvalue weighted by Crippen LogP contribution is -2.13. The molecule has 0 aliphatic rings. The highest BCUT2D eigenvalue weighted by atomic mass is 16.5. The second-order valence-corrected chi connectivity index (χ2v) is 5.19. The average molecular weight is 350 g/mol. The molecule has 3 rings (SSSR count). The molecule has 0 bridgehead atoms. The summed E-state index contributed by atoms with van der Waals surface area (Å²) >= 11 is 0. The van der Waals surface area contributed by atoms with E-state index < -0.39 is 6.09 Å². The van der Waals surface area contributed by atoms with E-state index in [4.69, 9.17) is 4.74 Å². The molecule has 8 nitrogen and oxygen atoms in total. The molecular weight excluding hydrogens is 332 g/mol. The van der Waals surface area contributed by atoms with E-state index in [1.54, 1.807) is 13.1 Å². The number of hydrogen-bond donors (Lipinski definition) is 3. The van der Waals surface area contributed by atoms with Crippen molar-refractivity contribution in [2.24, 2.45) is 0 Å². The molecule has 0 atom stereocenters. The predicted octanol–water partition coefficient (Wildman–Crippen LogP) is 3.93. The molecule has 1 amide bonds. The van der Waals surface area contributed by atoms with E-state index >= 15 is 0 Å². The Morgan fingerprint density at radius 3 is 2.27 bits per heavy atom. The summed E-state index contributed by atoms with van der Waals surface area (Å²) < 4.78 is 4.79. The summed E-state index contributed by atoms with van der Waals surface area (Å²) in [4.78, 5) is 24.0. The smallest absolute Gasteiger partial charge is 0.411 e. The van der Waals surface area contributed by atoms with Crippen LogP contribution in [0.3, 0.4) is 0 Å². The Morgan fingerprint density at radius 1 is 0.885 bits per heavy atom. The maximum atomic E-state index is 11.3. The summed E-state index contributed by atoms with van der Waals surface area (Å²) in [6.45, 7) is 2.03. The van der Waals surface area contributed by atoms with E-state index in [-0.39, 0.29) is 0 Å². The van der Waals surface area contributed by atoms with Crippen molar-refractivity contribution in [3.05, 3.63) is 61.1 Å². The minimum Gasteiger partial charge on any atom is -0.450 e. The summed E-state index contributed by atoms with van der Waals surface area (Å²) in [5, 5.41) is 8.78. The second-order valence-electron chi connectivity index (χ2n) is 5.19. The van der Waals surface area contributed by atoms with Crippen LogP contribution in [0.2, 0.25) is 0 Å². The van der Waals surface area contributed by atoms with Crippen LogP contribution < -0.4 is 16.0 Å². The first-order valence-corrected chi connectivity index (χ1v) is 8.04. The Labute approximate surface area is 150 Å². The first kappa shape index (κ1) is 17.2. The van der Waals surface area contributed by atoms with Crippen molar-refractivity contribution < 1.29 is 9.53 Å². The van der Waals surface area contributed by atoms with Crippen molar-refractivity contribution in [3.8, 4) is 0 Å². The van der Waals surface area contributed by atoms with E-state index in [1.807, 2.05) is 42.5 Å². The van der Waals surface area contributed by atoms with E-state index in [2.05, 4.69) is 30.9 Å². The number of aromatic nitrogens is 3. The van der Waals surface area contributed by atoms with E-state index in [0.717, 1.165) is 17.2 Å². The lowest BCUT2D eigenvalue weighted by Gasteiger charge is -2.08. The van der Waals surface area contributed by atoms with Crippen molar-refractivity contribution in [1.29, 1.82) is 0 Å². The molecule has 0 saturated heterocycles. The van der Waals surface area contributed by atoms with Crippen LogP contribution in [0.15, 0.2) is 61.1 Å². The van der Waals surface area contributed by atoms with Crippen molar-refractivity contribution in [3.63, 3.8) is 0 Å². The van der Waals surface area contributed by atoms with Gasteiger partial charge in [-0.1, -0.05) is 18.2 Å². The van der Waals surface area contributed by atoms with Gasteiger partial charge in [-0.25, -0.2) is 19.7 Å². The number of rotatable bonds is 6. The van der Waals surface area contributed by atoms with Crippen LogP contribution in [0, 0.1) is 0 Å². The summed E-state index contributed by atoms with van der Waals surface area (Å²) in [6, 6.07) is 13.5. The topological polar surface area (TPSA) is 101 Å². The highest BCUT2D eigenvalue weighted by Gasteiger charge is 2.04. The minimum absolute atomic E-state index is 0.300. The fourth-order valence-electron chi connectivity index (χ4n) is 2.08. The number of anilines is 5. The van der Waals surface area contributed by atoms with Crippen molar-refractivity contribution in [2.75, 3.05) is 22.6 Å². The molecule has 3 aromatic rings. The first-order valence-electron chi connectivity index (χ1n) is 8.04.